The zero-order chi connectivity index (χ0) is 18.0. The van der Waals surface area contributed by atoms with Crippen LogP contribution in [-0.2, 0) is 9.59 Å². The first-order valence-corrected chi connectivity index (χ1v) is 9.56. The van der Waals surface area contributed by atoms with E-state index >= 15 is 0 Å². The number of hydrogen-bond acceptors (Lipinski definition) is 2. The Morgan fingerprint density at radius 2 is 1.62 bits per heavy atom. The number of imide groups is 1. The van der Waals surface area contributed by atoms with Crippen molar-refractivity contribution >= 4 is 17.5 Å². The monoisotopic (exact) mass is 345 g/mol. The molecular weight excluding hydrogens is 322 g/mol. The van der Waals surface area contributed by atoms with E-state index in [0.29, 0.717) is 17.8 Å². The molecule has 5 atom stereocenters. The molecule has 5 rings (SSSR count). The van der Waals surface area contributed by atoms with Gasteiger partial charge in [-0.05, 0) is 61.6 Å². The number of hydrogen-bond donors (Lipinski definition) is 0. The van der Waals surface area contributed by atoms with Gasteiger partial charge in [-0.2, -0.15) is 0 Å². The van der Waals surface area contributed by atoms with E-state index in [0.717, 1.165) is 29.7 Å². The summed E-state index contributed by atoms with van der Waals surface area (Å²) >= 11 is 0. The number of nitrogens with zero attached hydrogens (tertiary/aromatic N) is 1. The van der Waals surface area contributed by atoms with Crippen LogP contribution in [0.3, 0.4) is 0 Å². The zero-order valence-corrected chi connectivity index (χ0v) is 15.2. The van der Waals surface area contributed by atoms with Crippen LogP contribution in [0.25, 0.3) is 0 Å². The Labute approximate surface area is 154 Å². The first-order valence-electron chi connectivity index (χ1n) is 9.56. The summed E-state index contributed by atoms with van der Waals surface area (Å²) < 4.78 is 0. The Kier molecular flexibility index (Phi) is 3.37. The molecule has 0 aromatic heterocycles. The number of benzene rings is 2. The maximum Gasteiger partial charge on any atom is 0.238 e. The smallest absolute Gasteiger partial charge is 0.238 e. The largest absolute Gasteiger partial charge is 0.274 e. The molecule has 3 aliphatic rings. The molecule has 0 unspecified atom stereocenters. The van der Waals surface area contributed by atoms with Crippen LogP contribution in [0, 0.1) is 37.5 Å². The highest BCUT2D eigenvalue weighted by Crippen LogP contribution is 2.61. The lowest BCUT2D eigenvalue weighted by atomic mass is 9.73. The van der Waals surface area contributed by atoms with Gasteiger partial charge >= 0.3 is 0 Å². The minimum Gasteiger partial charge on any atom is -0.274 e. The van der Waals surface area contributed by atoms with Crippen LogP contribution in [0.15, 0.2) is 48.5 Å². The van der Waals surface area contributed by atoms with E-state index in [1.165, 1.54) is 10.5 Å². The Bertz CT molecular complexity index is 904. The maximum atomic E-state index is 13.3. The van der Waals surface area contributed by atoms with Crippen molar-refractivity contribution in [1.82, 2.24) is 0 Å². The lowest BCUT2D eigenvalue weighted by molar-refractivity contribution is -0.123. The Morgan fingerprint density at radius 1 is 0.885 bits per heavy atom. The van der Waals surface area contributed by atoms with Gasteiger partial charge in [0.1, 0.15) is 0 Å². The van der Waals surface area contributed by atoms with Gasteiger partial charge in [0.25, 0.3) is 0 Å². The fourth-order valence-electron chi connectivity index (χ4n) is 5.84. The second kappa shape index (κ2) is 5.54. The summed E-state index contributed by atoms with van der Waals surface area (Å²) in [5.41, 5.74) is 4.24. The van der Waals surface area contributed by atoms with E-state index < -0.39 is 0 Å². The van der Waals surface area contributed by atoms with Gasteiger partial charge in [0.15, 0.2) is 0 Å². The number of rotatable bonds is 2. The number of fused-ring (bicyclic) bond motifs is 5. The molecular formula is C23H23NO2. The second-order valence-electron chi connectivity index (χ2n) is 8.27. The van der Waals surface area contributed by atoms with Crippen LogP contribution in [-0.4, -0.2) is 11.8 Å². The molecule has 0 N–H and O–H groups in total. The normalized spacial score (nSPS) is 32.4. The van der Waals surface area contributed by atoms with Crippen molar-refractivity contribution in [1.29, 1.82) is 0 Å². The van der Waals surface area contributed by atoms with Crippen molar-refractivity contribution in [2.24, 2.45) is 23.7 Å². The second-order valence-corrected chi connectivity index (χ2v) is 8.27. The minimum atomic E-state index is -0.132. The van der Waals surface area contributed by atoms with Crippen molar-refractivity contribution in [3.63, 3.8) is 0 Å². The van der Waals surface area contributed by atoms with Crippen LogP contribution >= 0.6 is 0 Å². The quantitative estimate of drug-likeness (QED) is 0.764. The van der Waals surface area contributed by atoms with E-state index in [4.69, 9.17) is 0 Å². The molecule has 2 saturated carbocycles. The molecule has 3 fully saturated rings. The van der Waals surface area contributed by atoms with Crippen LogP contribution in [0.2, 0.25) is 0 Å². The number of carbonyl (C=O) groups excluding carboxylic acids is 2. The fraction of sp³-hybridized carbons (Fsp3) is 0.391. The predicted octanol–water partition coefficient (Wildman–Crippen LogP) is 4.23. The predicted molar refractivity (Wildman–Crippen MR) is 101 cm³/mol. The highest BCUT2D eigenvalue weighted by Gasteiger charge is 2.64. The third-order valence-electron chi connectivity index (χ3n) is 6.84. The van der Waals surface area contributed by atoms with Gasteiger partial charge in [0.05, 0.1) is 17.5 Å². The van der Waals surface area contributed by atoms with Gasteiger partial charge in [-0.25, -0.2) is 4.90 Å². The summed E-state index contributed by atoms with van der Waals surface area (Å²) in [5.74, 6) is 0.895. The van der Waals surface area contributed by atoms with Crippen LogP contribution < -0.4 is 4.90 Å². The van der Waals surface area contributed by atoms with Gasteiger partial charge in [0, 0.05) is 0 Å². The molecule has 0 spiro atoms. The van der Waals surface area contributed by atoms with E-state index in [9.17, 15) is 9.59 Å². The molecule has 1 aliphatic heterocycles. The maximum absolute atomic E-state index is 13.3. The minimum absolute atomic E-state index is 0.0279. The molecule has 0 radical (unpaired) electrons. The Balaban J connectivity index is 1.51. The fourth-order valence-corrected chi connectivity index (χ4v) is 5.84. The third kappa shape index (κ3) is 2.06. The van der Waals surface area contributed by atoms with Gasteiger partial charge in [-0.15, -0.1) is 0 Å². The van der Waals surface area contributed by atoms with Crippen molar-refractivity contribution in [3.8, 4) is 0 Å². The standard InChI is InChI=1S/C23H23NO2/c1-13-8-9-19(14(2)10-13)24-22(25)20-16-11-17(15-6-4-3-5-7-15)18(12-16)21(20)23(24)26/h3-10,16-18,20-21H,11-12H2,1-2H3/t16-,17-,18+,20+,21+/m1/s1. The van der Waals surface area contributed by atoms with Crippen molar-refractivity contribution in [2.45, 2.75) is 32.6 Å². The molecule has 2 aromatic carbocycles. The molecule has 2 bridgehead atoms. The lowest BCUT2D eigenvalue weighted by Gasteiger charge is -2.28. The van der Waals surface area contributed by atoms with Crippen molar-refractivity contribution in [3.05, 3.63) is 65.2 Å². The molecule has 2 aromatic rings. The first kappa shape index (κ1) is 15.8. The topological polar surface area (TPSA) is 37.4 Å². The number of amides is 2. The van der Waals surface area contributed by atoms with Gasteiger partial charge in [-0.3, -0.25) is 9.59 Å². The summed E-state index contributed by atoms with van der Waals surface area (Å²) in [5, 5.41) is 0. The highest BCUT2D eigenvalue weighted by atomic mass is 16.2. The van der Waals surface area contributed by atoms with Gasteiger partial charge in [0.2, 0.25) is 11.8 Å². The molecule has 3 nitrogen and oxygen atoms in total. The molecule has 3 heteroatoms. The van der Waals surface area contributed by atoms with Crippen LogP contribution in [0.5, 0.6) is 0 Å². The van der Waals surface area contributed by atoms with Crippen LogP contribution in [0.1, 0.15) is 35.4 Å². The third-order valence-corrected chi connectivity index (χ3v) is 6.84. The van der Waals surface area contributed by atoms with Gasteiger partial charge in [-0.1, -0.05) is 48.0 Å². The number of anilines is 1. The molecule has 26 heavy (non-hydrogen) atoms. The van der Waals surface area contributed by atoms with Crippen molar-refractivity contribution in [2.75, 3.05) is 4.90 Å². The summed E-state index contributed by atoms with van der Waals surface area (Å²) in [6, 6.07) is 16.5. The van der Waals surface area contributed by atoms with E-state index in [1.54, 1.807) is 0 Å². The number of aryl methyl sites for hydroxylation is 2. The summed E-state index contributed by atoms with van der Waals surface area (Å²) in [6.45, 7) is 4.02. The first-order chi connectivity index (χ1) is 12.6. The highest BCUT2D eigenvalue weighted by molar-refractivity contribution is 6.23. The Morgan fingerprint density at radius 3 is 2.35 bits per heavy atom. The summed E-state index contributed by atoms with van der Waals surface area (Å²) in [6.07, 6.45) is 2.06. The van der Waals surface area contributed by atoms with Gasteiger partial charge < -0.3 is 0 Å². The average molecular weight is 345 g/mol. The van der Waals surface area contributed by atoms with E-state index in [1.807, 2.05) is 38.1 Å². The zero-order valence-electron chi connectivity index (χ0n) is 15.2. The molecule has 132 valence electrons. The molecule has 2 amide bonds. The summed E-state index contributed by atoms with van der Waals surface area (Å²) in [7, 11) is 0. The van der Waals surface area contributed by atoms with Crippen LogP contribution in [0.4, 0.5) is 5.69 Å². The van der Waals surface area contributed by atoms with Crippen molar-refractivity contribution < 1.29 is 9.59 Å². The molecule has 2 aliphatic carbocycles. The van der Waals surface area contributed by atoms with E-state index in [2.05, 4.69) is 24.3 Å². The molecule has 1 saturated heterocycles. The number of carbonyl (C=O) groups is 2. The molecule has 1 heterocycles. The summed E-state index contributed by atoms with van der Waals surface area (Å²) in [4.78, 5) is 28.0. The lowest BCUT2D eigenvalue weighted by Crippen LogP contribution is -2.33. The SMILES string of the molecule is Cc1ccc(N2C(=O)[C@H]3[C@H]4C[C@H]([C@@H]3C2=O)[C@@H](c2ccccc2)C4)c(C)c1. The Hall–Kier alpha value is -2.42. The average Bonchev–Trinajstić information content (AvgIpc) is 3.29. The van der Waals surface area contributed by atoms with E-state index in [-0.39, 0.29) is 23.7 Å².